The average molecular weight is 528 g/mol. The molecule has 0 unspecified atom stereocenters. The van der Waals surface area contributed by atoms with Crippen molar-refractivity contribution in [1.82, 2.24) is 9.58 Å². The van der Waals surface area contributed by atoms with Crippen molar-refractivity contribution in [3.63, 3.8) is 0 Å². The largest absolute Gasteiger partial charge is 0.492 e. The molecule has 0 spiro atoms. The van der Waals surface area contributed by atoms with Gasteiger partial charge >= 0.3 is 0 Å². The summed E-state index contributed by atoms with van der Waals surface area (Å²) < 4.78 is 8.07. The predicted molar refractivity (Wildman–Crippen MR) is 157 cm³/mol. The van der Waals surface area contributed by atoms with E-state index < -0.39 is 5.91 Å². The van der Waals surface area contributed by atoms with E-state index in [-0.39, 0.29) is 11.4 Å². The highest BCUT2D eigenvalue weighted by atomic mass is 32.2. The van der Waals surface area contributed by atoms with Crippen LogP contribution >= 0.6 is 11.8 Å². The molecule has 0 saturated carbocycles. The number of hydrogen-bond donors (Lipinski definition) is 1. The Labute approximate surface area is 227 Å². The zero-order valence-corrected chi connectivity index (χ0v) is 22.8. The van der Waals surface area contributed by atoms with Crippen LogP contribution in [-0.4, -0.2) is 38.1 Å². The molecule has 0 atom stereocenters. The van der Waals surface area contributed by atoms with E-state index in [9.17, 15) is 4.79 Å². The summed E-state index contributed by atoms with van der Waals surface area (Å²) in [5.41, 5.74) is 3.37. The number of ether oxygens (including phenoxy) is 1. The predicted octanol–water partition coefficient (Wildman–Crippen LogP) is 7.01. The van der Waals surface area contributed by atoms with Crippen LogP contribution in [0, 0.1) is 12.3 Å². The van der Waals surface area contributed by atoms with Gasteiger partial charge in [-0.05, 0) is 55.8 Å². The molecule has 1 N–H and O–H groups in total. The molecule has 2 aliphatic rings. The first-order chi connectivity index (χ1) is 18.5. The lowest BCUT2D eigenvalue weighted by molar-refractivity contribution is -0.114. The van der Waals surface area contributed by atoms with Gasteiger partial charge in [0.2, 0.25) is 5.17 Å². The fourth-order valence-corrected chi connectivity index (χ4v) is 5.57. The lowest BCUT2D eigenvalue weighted by atomic mass is 10.1. The van der Waals surface area contributed by atoms with Crippen LogP contribution in [0.4, 0.5) is 0 Å². The summed E-state index contributed by atoms with van der Waals surface area (Å²) in [5.74, 6) is 0.523. The molecule has 0 aliphatic carbocycles. The summed E-state index contributed by atoms with van der Waals surface area (Å²) in [6.45, 7) is 5.43. The molecule has 5 rings (SSSR count). The first-order valence-electron chi connectivity index (χ1n) is 13.3. The Morgan fingerprint density at radius 1 is 1.05 bits per heavy atom. The molecular weight excluding hydrogens is 494 g/mol. The van der Waals surface area contributed by atoms with Gasteiger partial charge in [-0.3, -0.25) is 10.2 Å². The molecular formula is C30H33N5O2S. The Morgan fingerprint density at radius 2 is 1.84 bits per heavy atom. The molecule has 1 aromatic heterocycles. The summed E-state index contributed by atoms with van der Waals surface area (Å²) in [4.78, 5) is 17.2. The van der Waals surface area contributed by atoms with E-state index in [1.807, 2.05) is 48.7 Å². The number of unbranched alkanes of at least 4 members (excludes halogenated alkanes) is 4. The van der Waals surface area contributed by atoms with Crippen molar-refractivity contribution < 1.29 is 9.53 Å². The van der Waals surface area contributed by atoms with Crippen molar-refractivity contribution in [2.24, 2.45) is 10.1 Å². The molecule has 2 aromatic carbocycles. The first-order valence-corrected chi connectivity index (χ1v) is 14.1. The van der Waals surface area contributed by atoms with Crippen LogP contribution in [0.2, 0.25) is 0 Å². The molecule has 0 radical (unpaired) electrons. The van der Waals surface area contributed by atoms with Gasteiger partial charge in [0.15, 0.2) is 5.84 Å². The number of aromatic nitrogens is 1. The van der Waals surface area contributed by atoms with E-state index in [0.29, 0.717) is 18.3 Å². The number of nitrogens with one attached hydrogen (secondary N) is 1. The number of fused-ring (bicyclic) bond motifs is 2. The Bertz CT molecular complexity index is 1430. The molecule has 2 aliphatic heterocycles. The second kappa shape index (κ2) is 11.8. The smallest absolute Gasteiger partial charge is 0.283 e. The number of hydrazone groups is 1. The molecule has 3 aromatic rings. The Balaban J connectivity index is 1.32. The van der Waals surface area contributed by atoms with Gasteiger partial charge in [-0.15, -0.1) is 0 Å². The van der Waals surface area contributed by atoms with E-state index in [2.05, 4.69) is 34.6 Å². The SMILES string of the molecule is CCCCCCCC1=NN2C(=N)/C(=C/c3cn(CCOc4ccc(C)cc4)c4ccccc34)C(=O)N=C2S1. The van der Waals surface area contributed by atoms with Crippen molar-refractivity contribution in [3.05, 3.63) is 71.4 Å². The molecule has 0 saturated heterocycles. The van der Waals surface area contributed by atoms with E-state index in [0.717, 1.165) is 40.1 Å². The maximum absolute atomic E-state index is 13.0. The molecule has 8 heteroatoms. The van der Waals surface area contributed by atoms with Gasteiger partial charge in [-0.25, -0.2) is 0 Å². The number of amidine groups is 2. The van der Waals surface area contributed by atoms with Gasteiger partial charge < -0.3 is 9.30 Å². The normalized spacial score (nSPS) is 16.3. The lowest BCUT2D eigenvalue weighted by Crippen LogP contribution is -2.35. The van der Waals surface area contributed by atoms with Crippen LogP contribution in [0.1, 0.15) is 56.6 Å². The highest BCUT2D eigenvalue weighted by Gasteiger charge is 2.35. The maximum atomic E-state index is 13.0. The monoisotopic (exact) mass is 527 g/mol. The van der Waals surface area contributed by atoms with Crippen LogP contribution in [0.5, 0.6) is 5.75 Å². The fourth-order valence-electron chi connectivity index (χ4n) is 4.64. The number of carbonyl (C=O) groups excluding carboxylic acids is 1. The van der Waals surface area contributed by atoms with Gasteiger partial charge in [0.25, 0.3) is 5.91 Å². The lowest BCUT2D eigenvalue weighted by Gasteiger charge is -2.20. The minimum absolute atomic E-state index is 0.0769. The minimum Gasteiger partial charge on any atom is -0.492 e. The van der Waals surface area contributed by atoms with E-state index >= 15 is 0 Å². The summed E-state index contributed by atoms with van der Waals surface area (Å²) >= 11 is 1.41. The van der Waals surface area contributed by atoms with Gasteiger partial charge in [0.05, 0.1) is 12.1 Å². The minimum atomic E-state index is -0.396. The molecule has 1 amide bonds. The molecule has 196 valence electrons. The topological polar surface area (TPSA) is 83.0 Å². The van der Waals surface area contributed by atoms with E-state index in [1.165, 1.54) is 48.0 Å². The number of thioether (sulfide) groups is 1. The summed E-state index contributed by atoms with van der Waals surface area (Å²) in [6.07, 6.45) is 10.6. The number of nitrogens with zero attached hydrogens (tertiary/aromatic N) is 4. The third-order valence-electron chi connectivity index (χ3n) is 6.73. The number of aliphatic imine (C=N–C) groups is 1. The van der Waals surface area contributed by atoms with E-state index in [1.54, 1.807) is 6.08 Å². The van der Waals surface area contributed by atoms with Crippen molar-refractivity contribution in [1.29, 1.82) is 5.41 Å². The highest BCUT2D eigenvalue weighted by Crippen LogP contribution is 2.31. The zero-order valence-electron chi connectivity index (χ0n) is 21.9. The van der Waals surface area contributed by atoms with Crippen LogP contribution in [0.15, 0.2) is 70.4 Å². The quantitative estimate of drug-likeness (QED) is 0.215. The maximum Gasteiger partial charge on any atom is 0.283 e. The summed E-state index contributed by atoms with van der Waals surface area (Å²) in [5, 5.41) is 17.3. The second-order valence-corrected chi connectivity index (χ2v) is 10.7. The number of rotatable bonds is 11. The summed E-state index contributed by atoms with van der Waals surface area (Å²) in [7, 11) is 0. The number of amides is 1. The molecule has 0 fully saturated rings. The first kappa shape index (κ1) is 26.0. The molecule has 3 heterocycles. The molecule has 7 nitrogen and oxygen atoms in total. The highest BCUT2D eigenvalue weighted by molar-refractivity contribution is 8.26. The third kappa shape index (κ3) is 5.75. The Kier molecular flexibility index (Phi) is 8.08. The van der Waals surface area contributed by atoms with Crippen molar-refractivity contribution in [3.8, 4) is 5.75 Å². The Hall–Kier alpha value is -3.65. The van der Waals surface area contributed by atoms with Gasteiger partial charge in [-0.1, -0.05) is 68.5 Å². The van der Waals surface area contributed by atoms with Crippen molar-refractivity contribution >= 4 is 50.7 Å². The van der Waals surface area contributed by atoms with Crippen molar-refractivity contribution in [2.45, 2.75) is 58.9 Å². The molecule has 0 bridgehead atoms. The fraction of sp³-hybridized carbons (Fsp3) is 0.333. The van der Waals surface area contributed by atoms with Crippen LogP contribution in [0.25, 0.3) is 17.0 Å². The number of aryl methyl sites for hydroxylation is 1. The number of benzene rings is 2. The third-order valence-corrected chi connectivity index (χ3v) is 7.70. The number of hydrogen-bond acceptors (Lipinski definition) is 5. The van der Waals surface area contributed by atoms with Gasteiger partial charge in [-0.2, -0.15) is 15.1 Å². The van der Waals surface area contributed by atoms with Gasteiger partial charge in [0, 0.05) is 22.7 Å². The standard InChI is InChI=1S/C30H33N5O2S/c1-3-4-5-6-7-12-27-33-35-28(31)25(29(36)32-30(35)38-27)19-22-20-34(26-11-9-8-10-24(22)26)17-18-37-23-15-13-21(2)14-16-23/h8-11,13-16,19-20,31H,3-7,12,17-18H2,1-2H3/b25-19-,31-28?. The number of para-hydroxylation sites is 1. The Morgan fingerprint density at radius 3 is 2.66 bits per heavy atom. The number of carbonyl (C=O) groups is 1. The average Bonchev–Trinajstić information content (AvgIpc) is 3.49. The van der Waals surface area contributed by atoms with Gasteiger partial charge in [0.1, 0.15) is 17.4 Å². The summed E-state index contributed by atoms with van der Waals surface area (Å²) in [6, 6.07) is 16.1. The van der Waals surface area contributed by atoms with Crippen molar-refractivity contribution in [2.75, 3.05) is 6.61 Å². The van der Waals surface area contributed by atoms with Crippen LogP contribution in [0.3, 0.4) is 0 Å². The zero-order chi connectivity index (χ0) is 26.5. The van der Waals surface area contributed by atoms with E-state index in [4.69, 9.17) is 10.1 Å². The second-order valence-electron chi connectivity index (χ2n) is 9.63. The van der Waals surface area contributed by atoms with Crippen LogP contribution < -0.4 is 4.74 Å². The molecule has 38 heavy (non-hydrogen) atoms. The van der Waals surface area contributed by atoms with Crippen LogP contribution in [-0.2, 0) is 11.3 Å².